The van der Waals surface area contributed by atoms with Gasteiger partial charge in [-0.3, -0.25) is 0 Å². The van der Waals surface area contributed by atoms with Crippen molar-refractivity contribution in [3.8, 4) is 47.3 Å². The minimum atomic E-state index is 0.410. The van der Waals surface area contributed by atoms with Crippen LogP contribution in [-0.4, -0.2) is 26.4 Å². The fraction of sp³-hybridized carbons (Fsp3) is 0.400. The van der Waals surface area contributed by atoms with Crippen molar-refractivity contribution in [1.29, 1.82) is 21.0 Å². The number of ether oxygens (including phenoxy) is 4. The Kier molecular flexibility index (Phi) is 24.9. The van der Waals surface area contributed by atoms with Crippen molar-refractivity contribution in [3.05, 3.63) is 113 Å². The van der Waals surface area contributed by atoms with Gasteiger partial charge in [0.25, 0.3) is 0 Å². The smallest absolute Gasteiger partial charge is 0.127 e. The number of benzene rings is 2. The van der Waals surface area contributed by atoms with E-state index in [0.717, 1.165) is 124 Å². The number of thiophene rings is 3. The van der Waals surface area contributed by atoms with Crippen molar-refractivity contribution in [2.45, 2.75) is 130 Å². The Balaban J connectivity index is 1.58. The van der Waals surface area contributed by atoms with Crippen molar-refractivity contribution in [2.75, 3.05) is 26.4 Å². The van der Waals surface area contributed by atoms with Crippen LogP contribution < -0.4 is 18.9 Å². The van der Waals surface area contributed by atoms with Crippen LogP contribution in [0.15, 0.2) is 71.4 Å². The Morgan fingerprint density at radius 1 is 0.394 bits per heavy atom. The number of nitriles is 4. The molecule has 11 heteroatoms. The Morgan fingerprint density at radius 3 is 0.915 bits per heavy atom. The maximum Gasteiger partial charge on any atom is 0.127 e. The zero-order valence-corrected chi connectivity index (χ0v) is 44.5. The first-order chi connectivity index (χ1) is 34.9. The topological polar surface area (TPSA) is 132 Å². The summed E-state index contributed by atoms with van der Waals surface area (Å²) in [5.74, 6) is 2.41. The third-order valence-corrected chi connectivity index (χ3v) is 14.7. The Bertz CT molecular complexity index is 2530. The van der Waals surface area contributed by atoms with E-state index in [0.29, 0.717) is 92.6 Å². The highest BCUT2D eigenvalue weighted by Gasteiger charge is 2.18. The van der Waals surface area contributed by atoms with E-state index in [1.807, 2.05) is 95.7 Å². The molecule has 370 valence electrons. The summed E-state index contributed by atoms with van der Waals surface area (Å²) < 4.78 is 26.0. The molecule has 71 heavy (non-hydrogen) atoms. The fourth-order valence-corrected chi connectivity index (χ4v) is 10.0. The molecule has 2 aromatic carbocycles. The summed E-state index contributed by atoms with van der Waals surface area (Å²) >= 11 is 4.39. The van der Waals surface area contributed by atoms with Crippen LogP contribution in [0.25, 0.3) is 46.6 Å². The average Bonchev–Trinajstić information content (AvgIpc) is 4.22. The van der Waals surface area contributed by atoms with Gasteiger partial charge in [-0.05, 0) is 109 Å². The largest absolute Gasteiger partial charge is 0.493 e. The van der Waals surface area contributed by atoms with Gasteiger partial charge < -0.3 is 18.9 Å². The molecule has 0 radical (unpaired) electrons. The molecular formula is C60H68N4O4S3. The highest BCUT2D eigenvalue weighted by atomic mass is 32.1. The third-order valence-electron chi connectivity index (χ3n) is 11.7. The van der Waals surface area contributed by atoms with Crippen molar-refractivity contribution < 1.29 is 18.9 Å². The molecule has 0 fully saturated rings. The molecule has 0 N–H and O–H groups in total. The number of hydrogen-bond donors (Lipinski definition) is 0. The molecule has 5 aromatic rings. The molecule has 0 atom stereocenters. The van der Waals surface area contributed by atoms with Gasteiger partial charge in [-0.25, -0.2) is 0 Å². The van der Waals surface area contributed by atoms with E-state index >= 15 is 0 Å². The first-order valence-corrected chi connectivity index (χ1v) is 28.0. The molecule has 0 saturated heterocycles. The minimum Gasteiger partial charge on any atom is -0.493 e. The first-order valence-electron chi connectivity index (χ1n) is 25.4. The van der Waals surface area contributed by atoms with Crippen molar-refractivity contribution in [1.82, 2.24) is 0 Å². The molecule has 0 aliphatic carbocycles. The van der Waals surface area contributed by atoms with Gasteiger partial charge in [-0.1, -0.05) is 117 Å². The van der Waals surface area contributed by atoms with Gasteiger partial charge in [0.15, 0.2) is 0 Å². The lowest BCUT2D eigenvalue weighted by Crippen LogP contribution is -2.03. The second-order valence-corrected chi connectivity index (χ2v) is 20.3. The first kappa shape index (κ1) is 55.6. The van der Waals surface area contributed by atoms with Gasteiger partial charge in [-0.2, -0.15) is 21.0 Å². The lowest BCUT2D eigenvalue weighted by atomic mass is 10.0. The van der Waals surface area contributed by atoms with Gasteiger partial charge in [-0.15, -0.1) is 34.0 Å². The molecule has 5 rings (SSSR count). The SMILES string of the molecule is CCCCCCOc1cc(/C=C(\C#N)c2ccc(/C(C#N)=C/c3cc(OCCCCCC)c(/C=C(\C#N)c4cccs4)cc3OCCCCCC)s2)c(OCCCCCC)cc1/C=C(\C#N)c1cccs1. The Hall–Kier alpha value is -6.34. The van der Waals surface area contributed by atoms with E-state index in [4.69, 9.17) is 18.9 Å². The van der Waals surface area contributed by atoms with Crippen LogP contribution in [0, 0.1) is 45.3 Å². The molecule has 0 bridgehead atoms. The summed E-state index contributed by atoms with van der Waals surface area (Å²) in [5.41, 5.74) is 4.73. The molecule has 8 nitrogen and oxygen atoms in total. The molecule has 0 amide bonds. The highest BCUT2D eigenvalue weighted by molar-refractivity contribution is 7.14. The maximum atomic E-state index is 10.8. The van der Waals surface area contributed by atoms with Crippen LogP contribution in [0.1, 0.15) is 172 Å². The molecule has 0 saturated carbocycles. The van der Waals surface area contributed by atoms with E-state index in [-0.39, 0.29) is 0 Å². The van der Waals surface area contributed by atoms with Gasteiger partial charge >= 0.3 is 0 Å². The zero-order valence-electron chi connectivity index (χ0n) is 42.0. The summed E-state index contributed by atoms with van der Waals surface area (Å²) in [5, 5.41) is 45.9. The quantitative estimate of drug-likeness (QED) is 0.0307. The van der Waals surface area contributed by atoms with Crippen molar-refractivity contribution >= 4 is 80.6 Å². The lowest BCUT2D eigenvalue weighted by Gasteiger charge is -2.16. The summed E-state index contributed by atoms with van der Waals surface area (Å²) in [6.45, 7) is 10.7. The van der Waals surface area contributed by atoms with Crippen LogP contribution in [0.4, 0.5) is 0 Å². The van der Waals surface area contributed by atoms with E-state index in [1.165, 1.54) is 34.0 Å². The maximum absolute atomic E-state index is 10.8. The monoisotopic (exact) mass is 1000 g/mol. The number of nitrogens with zero attached hydrogens (tertiary/aromatic N) is 4. The van der Waals surface area contributed by atoms with E-state index in [2.05, 4.69) is 52.0 Å². The van der Waals surface area contributed by atoms with Crippen molar-refractivity contribution in [3.63, 3.8) is 0 Å². The molecular weight excluding hydrogens is 937 g/mol. The summed E-state index contributed by atoms with van der Waals surface area (Å²) in [6.07, 6.45) is 24.0. The van der Waals surface area contributed by atoms with Gasteiger partial charge in [0.1, 0.15) is 47.3 Å². The summed E-state index contributed by atoms with van der Waals surface area (Å²) in [4.78, 5) is 3.11. The number of allylic oxidation sites excluding steroid dienone is 4. The van der Waals surface area contributed by atoms with Crippen molar-refractivity contribution in [2.24, 2.45) is 0 Å². The molecule has 3 heterocycles. The second kappa shape index (κ2) is 31.8. The number of unbranched alkanes of at least 4 members (excludes halogenated alkanes) is 12. The Morgan fingerprint density at radius 2 is 0.676 bits per heavy atom. The van der Waals surface area contributed by atoms with Gasteiger partial charge in [0.05, 0.1) is 48.7 Å². The van der Waals surface area contributed by atoms with Gasteiger partial charge in [0, 0.05) is 41.8 Å². The highest BCUT2D eigenvalue weighted by Crippen LogP contribution is 2.39. The lowest BCUT2D eigenvalue weighted by molar-refractivity contribution is 0.296. The normalized spacial score (nSPS) is 11.9. The zero-order chi connectivity index (χ0) is 50.5. The molecule has 0 aliphatic rings. The minimum absolute atomic E-state index is 0.410. The third kappa shape index (κ3) is 17.8. The predicted molar refractivity (Wildman–Crippen MR) is 298 cm³/mol. The molecule has 0 spiro atoms. The summed E-state index contributed by atoms with van der Waals surface area (Å²) in [7, 11) is 0. The second-order valence-electron chi connectivity index (χ2n) is 17.3. The molecule has 0 aliphatic heterocycles. The average molecular weight is 1010 g/mol. The van der Waals surface area contributed by atoms with E-state index in [1.54, 1.807) is 0 Å². The predicted octanol–water partition coefficient (Wildman–Crippen LogP) is 18.0. The Labute approximate surface area is 435 Å². The fourth-order valence-electron chi connectivity index (χ4n) is 7.72. The van der Waals surface area contributed by atoms with Crippen LogP contribution in [-0.2, 0) is 0 Å². The molecule has 3 aromatic heterocycles. The van der Waals surface area contributed by atoms with Crippen LogP contribution >= 0.6 is 34.0 Å². The standard InChI is InChI=1S/C60H68N4O4S3/c1-5-9-13-17-27-65-53-39-47(55(67-29-19-15-11-7-3)37-45(53)33-49(41-61)57-23-21-31-69-57)35-51(43-63)59-25-26-60(71-59)52(44-64)36-48-40-54(66-28-18-14-10-6-2)46(34-50(42-62)58-24-22-32-70-58)38-56(48)68-30-20-16-12-8-4/h21-26,31-40H,5-20,27-30H2,1-4H3/b49-33+,50-34+,51-35+,52-36+. The van der Waals surface area contributed by atoms with E-state index in [9.17, 15) is 21.0 Å². The van der Waals surface area contributed by atoms with Crippen LogP contribution in [0.3, 0.4) is 0 Å². The van der Waals surface area contributed by atoms with E-state index < -0.39 is 0 Å². The summed E-state index contributed by atoms with van der Waals surface area (Å²) in [6, 6.07) is 28.8. The van der Waals surface area contributed by atoms with Crippen LogP contribution in [0.2, 0.25) is 0 Å². The van der Waals surface area contributed by atoms with Gasteiger partial charge in [0.2, 0.25) is 0 Å². The molecule has 0 unspecified atom stereocenters. The van der Waals surface area contributed by atoms with Crippen LogP contribution in [0.5, 0.6) is 23.0 Å². The number of hydrogen-bond acceptors (Lipinski definition) is 11. The number of rotatable bonds is 32.